The van der Waals surface area contributed by atoms with Crippen LogP contribution in [0.4, 0.5) is 13.2 Å². The van der Waals surface area contributed by atoms with Gasteiger partial charge < -0.3 is 15.5 Å². The molecule has 11 heteroatoms. The molecule has 0 spiro atoms. The molecule has 0 unspecified atom stereocenters. The largest absolute Gasteiger partial charge is 0.492 e. The highest BCUT2D eigenvalue weighted by Crippen LogP contribution is 2.32. The smallest absolute Gasteiger partial charge is 0.416 e. The van der Waals surface area contributed by atoms with Gasteiger partial charge in [-0.05, 0) is 31.2 Å². The quantitative estimate of drug-likeness (QED) is 0.491. The topological polar surface area (TPSA) is 116 Å². The second-order valence-electron chi connectivity index (χ2n) is 6.70. The zero-order valence-corrected chi connectivity index (χ0v) is 16.6. The van der Waals surface area contributed by atoms with Crippen LogP contribution < -0.4 is 16.2 Å². The minimum absolute atomic E-state index is 0.00233. The van der Waals surface area contributed by atoms with Gasteiger partial charge in [0.1, 0.15) is 11.3 Å². The number of para-hydroxylation sites is 2. The lowest BCUT2D eigenvalue weighted by molar-refractivity contribution is -0.137. The molecule has 0 bridgehead atoms. The van der Waals surface area contributed by atoms with Crippen LogP contribution in [0.5, 0.6) is 5.75 Å². The Bertz CT molecular complexity index is 1390. The number of nitrogens with zero attached hydrogens (tertiary/aromatic N) is 3. The number of aromatic nitrogens is 4. The zero-order valence-electron chi connectivity index (χ0n) is 16.6. The maximum atomic E-state index is 13.2. The number of rotatable bonds is 5. The number of benzene rings is 2. The van der Waals surface area contributed by atoms with Gasteiger partial charge in [-0.2, -0.15) is 13.2 Å². The van der Waals surface area contributed by atoms with Crippen LogP contribution in [0.2, 0.25) is 0 Å². The molecule has 0 saturated heterocycles. The third-order valence-corrected chi connectivity index (χ3v) is 4.62. The average Bonchev–Trinajstić information content (AvgIpc) is 3.08. The number of primary amides is 1. The van der Waals surface area contributed by atoms with Crippen molar-refractivity contribution in [2.75, 3.05) is 6.61 Å². The summed E-state index contributed by atoms with van der Waals surface area (Å²) in [4.78, 5) is 35.7. The predicted octanol–water partition coefficient (Wildman–Crippen LogP) is 3.29. The van der Waals surface area contributed by atoms with Crippen molar-refractivity contribution in [3.05, 3.63) is 70.3 Å². The number of carbonyl (C=O) groups excluding carboxylic acids is 1. The van der Waals surface area contributed by atoms with Crippen LogP contribution in [0.3, 0.4) is 0 Å². The normalized spacial score (nSPS) is 11.6. The second kappa shape index (κ2) is 7.84. The van der Waals surface area contributed by atoms with Crippen LogP contribution >= 0.6 is 0 Å². The van der Waals surface area contributed by atoms with Crippen LogP contribution in [-0.4, -0.2) is 32.0 Å². The van der Waals surface area contributed by atoms with Gasteiger partial charge in [-0.15, -0.1) is 0 Å². The van der Waals surface area contributed by atoms with Gasteiger partial charge in [0.15, 0.2) is 17.2 Å². The summed E-state index contributed by atoms with van der Waals surface area (Å²) in [6, 6.07) is 11.0. The zero-order chi connectivity index (χ0) is 23.0. The second-order valence-corrected chi connectivity index (χ2v) is 6.70. The number of fused-ring (bicyclic) bond motifs is 1. The summed E-state index contributed by atoms with van der Waals surface area (Å²) in [6.07, 6.45) is -4.58. The molecule has 0 saturated carbocycles. The Hall–Kier alpha value is -4.15. The van der Waals surface area contributed by atoms with Gasteiger partial charge >= 0.3 is 11.9 Å². The van der Waals surface area contributed by atoms with Gasteiger partial charge in [0.05, 0.1) is 17.9 Å². The van der Waals surface area contributed by atoms with Crippen molar-refractivity contribution in [3.8, 4) is 22.8 Å². The highest BCUT2D eigenvalue weighted by atomic mass is 19.4. The van der Waals surface area contributed by atoms with Crippen LogP contribution in [0, 0.1) is 0 Å². The van der Waals surface area contributed by atoms with Gasteiger partial charge in [0.2, 0.25) is 0 Å². The van der Waals surface area contributed by atoms with Crippen molar-refractivity contribution in [2.45, 2.75) is 13.1 Å². The molecule has 4 rings (SSSR count). The van der Waals surface area contributed by atoms with Crippen molar-refractivity contribution < 1.29 is 22.7 Å². The molecule has 2 aromatic heterocycles. The summed E-state index contributed by atoms with van der Waals surface area (Å²) in [7, 11) is 0. The van der Waals surface area contributed by atoms with Crippen LogP contribution in [0.15, 0.2) is 53.3 Å². The van der Waals surface area contributed by atoms with E-state index in [-0.39, 0.29) is 28.2 Å². The van der Waals surface area contributed by atoms with E-state index in [9.17, 15) is 22.8 Å². The van der Waals surface area contributed by atoms with Gasteiger partial charge in [-0.1, -0.05) is 24.3 Å². The first-order valence-electron chi connectivity index (χ1n) is 9.43. The molecule has 0 aliphatic heterocycles. The molecule has 0 atom stereocenters. The van der Waals surface area contributed by atoms with E-state index in [2.05, 4.69) is 15.0 Å². The number of ether oxygens (including phenoxy) is 1. The van der Waals surface area contributed by atoms with Crippen molar-refractivity contribution in [3.63, 3.8) is 0 Å². The molecule has 0 aliphatic rings. The van der Waals surface area contributed by atoms with E-state index in [4.69, 9.17) is 10.5 Å². The van der Waals surface area contributed by atoms with Crippen molar-refractivity contribution in [1.82, 2.24) is 19.5 Å². The highest BCUT2D eigenvalue weighted by molar-refractivity contribution is 6.02. The summed E-state index contributed by atoms with van der Waals surface area (Å²) in [5, 5.41) is 0. The first-order valence-corrected chi connectivity index (χ1v) is 9.43. The molecule has 2 aromatic carbocycles. The Balaban J connectivity index is 2.03. The number of alkyl halides is 3. The number of H-pyrrole nitrogens is 1. The number of amides is 1. The number of halogens is 3. The summed E-state index contributed by atoms with van der Waals surface area (Å²) in [5.41, 5.74) is 3.82. The Kier molecular flexibility index (Phi) is 5.17. The molecule has 0 fully saturated rings. The molecular formula is C21H16F3N5O3. The van der Waals surface area contributed by atoms with E-state index in [0.717, 1.165) is 16.7 Å². The van der Waals surface area contributed by atoms with E-state index in [0.29, 0.717) is 18.0 Å². The van der Waals surface area contributed by atoms with E-state index in [1.807, 2.05) is 0 Å². The molecule has 4 aromatic rings. The number of carbonyl (C=O) groups is 1. The number of nitrogens with two attached hydrogens (primary N) is 1. The van der Waals surface area contributed by atoms with Crippen LogP contribution in [0.1, 0.15) is 23.0 Å². The van der Waals surface area contributed by atoms with E-state index < -0.39 is 23.3 Å². The predicted molar refractivity (Wildman–Crippen MR) is 110 cm³/mol. The molecule has 32 heavy (non-hydrogen) atoms. The van der Waals surface area contributed by atoms with Crippen LogP contribution in [0.25, 0.3) is 28.2 Å². The van der Waals surface area contributed by atoms with Crippen molar-refractivity contribution in [1.29, 1.82) is 0 Å². The number of imidazole rings is 1. The first-order chi connectivity index (χ1) is 15.2. The summed E-state index contributed by atoms with van der Waals surface area (Å²) in [5.74, 6) is -0.797. The number of hydrogen-bond donors (Lipinski definition) is 2. The Morgan fingerprint density at radius 3 is 2.59 bits per heavy atom. The lowest BCUT2D eigenvalue weighted by Gasteiger charge is -2.11. The van der Waals surface area contributed by atoms with Crippen molar-refractivity contribution in [2.24, 2.45) is 5.73 Å². The van der Waals surface area contributed by atoms with Gasteiger partial charge in [-0.25, -0.2) is 19.3 Å². The summed E-state index contributed by atoms with van der Waals surface area (Å²) in [6.45, 7) is 2.10. The maximum Gasteiger partial charge on any atom is 0.416 e. The summed E-state index contributed by atoms with van der Waals surface area (Å²) < 4.78 is 46.2. The average molecular weight is 443 g/mol. The Morgan fingerprint density at radius 1 is 1.16 bits per heavy atom. The lowest BCUT2D eigenvalue weighted by Crippen LogP contribution is -2.16. The fourth-order valence-electron chi connectivity index (χ4n) is 3.27. The van der Waals surface area contributed by atoms with Gasteiger partial charge in [-0.3, -0.25) is 4.79 Å². The molecular weight excluding hydrogens is 427 g/mol. The molecule has 1 amide bonds. The third-order valence-electron chi connectivity index (χ3n) is 4.62. The minimum Gasteiger partial charge on any atom is -0.492 e. The molecule has 0 radical (unpaired) electrons. The van der Waals surface area contributed by atoms with Crippen molar-refractivity contribution >= 4 is 17.1 Å². The fraction of sp³-hybridized carbons (Fsp3) is 0.143. The monoisotopic (exact) mass is 443 g/mol. The standard InChI is InChI=1S/C21H16F3N5O3/c1-2-32-14-9-4-3-8-13(14)29-19-16(27-20(29)31)15(17(25)30)26-18(28-19)11-6-5-7-12(10-11)21(22,23)24/h3-10H,2H2,1H3,(H2,25,30)(H,27,31). The molecule has 2 heterocycles. The van der Waals surface area contributed by atoms with E-state index in [1.54, 1.807) is 31.2 Å². The Morgan fingerprint density at radius 2 is 1.91 bits per heavy atom. The molecule has 0 aliphatic carbocycles. The number of hydrogen-bond acceptors (Lipinski definition) is 5. The van der Waals surface area contributed by atoms with Gasteiger partial charge in [0.25, 0.3) is 5.91 Å². The van der Waals surface area contributed by atoms with Gasteiger partial charge in [0, 0.05) is 5.56 Å². The fourth-order valence-corrected chi connectivity index (χ4v) is 3.27. The Labute approximate surface area is 178 Å². The summed E-state index contributed by atoms with van der Waals surface area (Å²) >= 11 is 0. The maximum absolute atomic E-state index is 13.2. The first kappa shape index (κ1) is 21.1. The SMILES string of the molecule is CCOc1ccccc1-n1c(=O)[nH]c2c(C(N)=O)nc(-c3cccc(C(F)(F)F)c3)nc21. The van der Waals surface area contributed by atoms with E-state index >= 15 is 0 Å². The number of aromatic amines is 1. The third kappa shape index (κ3) is 3.68. The molecule has 8 nitrogen and oxygen atoms in total. The lowest BCUT2D eigenvalue weighted by atomic mass is 10.1. The van der Waals surface area contributed by atoms with E-state index in [1.165, 1.54) is 12.1 Å². The minimum atomic E-state index is -4.58. The van der Waals surface area contributed by atoms with Crippen LogP contribution in [-0.2, 0) is 6.18 Å². The molecule has 3 N–H and O–H groups in total. The molecule has 164 valence electrons. The number of nitrogens with one attached hydrogen (secondary N) is 1. The highest BCUT2D eigenvalue weighted by Gasteiger charge is 2.31.